The van der Waals surface area contributed by atoms with Gasteiger partial charge >= 0.3 is 0 Å². The summed E-state index contributed by atoms with van der Waals surface area (Å²) in [7, 11) is 0. The average Bonchev–Trinajstić information content (AvgIpc) is 3.11. The molecular weight excluding hydrogens is 386 g/mol. The van der Waals surface area contributed by atoms with Gasteiger partial charge in [0.25, 0.3) is 0 Å². The molecule has 5 nitrogen and oxygen atoms in total. The maximum Gasteiger partial charge on any atom is 0.143 e. The molecule has 0 aliphatic heterocycles. The predicted octanol–water partition coefficient (Wildman–Crippen LogP) is 6.21. The van der Waals surface area contributed by atoms with Gasteiger partial charge in [-0.05, 0) is 53.1 Å². The number of para-hydroxylation sites is 2. The summed E-state index contributed by atoms with van der Waals surface area (Å²) in [5, 5.41) is 30.1. The van der Waals surface area contributed by atoms with Crippen molar-refractivity contribution in [2.45, 2.75) is 46.5 Å². The number of fused-ring (bicyclic) bond motifs is 1. The van der Waals surface area contributed by atoms with Crippen molar-refractivity contribution in [1.82, 2.24) is 15.0 Å². The van der Waals surface area contributed by atoms with Crippen molar-refractivity contribution in [3.63, 3.8) is 0 Å². The lowest BCUT2D eigenvalue weighted by Crippen LogP contribution is -2.24. The van der Waals surface area contributed by atoms with Crippen LogP contribution in [0.4, 0.5) is 0 Å². The second kappa shape index (κ2) is 7.41. The van der Waals surface area contributed by atoms with Gasteiger partial charge in [0, 0.05) is 11.1 Å². The fourth-order valence-electron chi connectivity index (χ4n) is 4.50. The van der Waals surface area contributed by atoms with Gasteiger partial charge in [0.1, 0.15) is 28.2 Å². The summed E-state index contributed by atoms with van der Waals surface area (Å²) in [4.78, 5) is 1.44. The van der Waals surface area contributed by atoms with Crippen LogP contribution in [0.3, 0.4) is 0 Å². The highest BCUT2D eigenvalue weighted by atomic mass is 16.3. The summed E-state index contributed by atoms with van der Waals surface area (Å²) in [6.45, 7) is 11.2. The number of rotatable bonds is 4. The second-order valence-corrected chi connectivity index (χ2v) is 10.0. The van der Waals surface area contributed by atoms with Crippen molar-refractivity contribution in [3.05, 3.63) is 66.2 Å². The third kappa shape index (κ3) is 4.13. The van der Waals surface area contributed by atoms with Crippen LogP contribution in [0.1, 0.15) is 46.6 Å². The van der Waals surface area contributed by atoms with Gasteiger partial charge in [-0.25, -0.2) is 0 Å². The van der Waals surface area contributed by atoms with Crippen molar-refractivity contribution in [2.75, 3.05) is 0 Å². The van der Waals surface area contributed by atoms with E-state index in [-0.39, 0.29) is 22.3 Å². The molecule has 0 saturated heterocycles. The molecule has 0 radical (unpaired) electrons. The van der Waals surface area contributed by atoms with Gasteiger partial charge in [0.2, 0.25) is 0 Å². The molecule has 0 bridgehead atoms. The Morgan fingerprint density at radius 2 is 1.52 bits per heavy atom. The molecule has 0 unspecified atom stereocenters. The van der Waals surface area contributed by atoms with E-state index in [2.05, 4.69) is 50.9 Å². The molecule has 0 fully saturated rings. The van der Waals surface area contributed by atoms with Gasteiger partial charge in [-0.1, -0.05) is 65.0 Å². The fraction of sp³-hybridized carbons (Fsp3) is 0.308. The first-order chi connectivity index (χ1) is 14.5. The minimum Gasteiger partial charge on any atom is -0.507 e. The zero-order valence-corrected chi connectivity index (χ0v) is 18.7. The van der Waals surface area contributed by atoms with E-state index >= 15 is 0 Å². The van der Waals surface area contributed by atoms with E-state index in [1.165, 1.54) is 10.4 Å². The van der Waals surface area contributed by atoms with Gasteiger partial charge in [-0.3, -0.25) is 0 Å². The summed E-state index contributed by atoms with van der Waals surface area (Å²) in [5.74, 6) is 0.318. The molecule has 4 aromatic rings. The number of phenolic OH excluding ortho intramolecular Hbond substituents is 2. The molecule has 0 atom stereocenters. The molecular formula is C26H29N3O2. The first-order valence-electron chi connectivity index (χ1n) is 10.5. The largest absolute Gasteiger partial charge is 0.507 e. The minimum absolute atomic E-state index is 0.0535. The van der Waals surface area contributed by atoms with Crippen LogP contribution >= 0.6 is 0 Å². The summed E-state index contributed by atoms with van der Waals surface area (Å²) in [5.41, 5.74) is 4.71. The molecule has 1 heterocycles. The third-order valence-electron chi connectivity index (χ3n) is 5.55. The topological polar surface area (TPSA) is 71.2 Å². The molecule has 4 rings (SSSR count). The van der Waals surface area contributed by atoms with Crippen molar-refractivity contribution < 1.29 is 10.2 Å². The normalized spacial score (nSPS) is 12.4. The summed E-state index contributed by atoms with van der Waals surface area (Å²) >= 11 is 0. The van der Waals surface area contributed by atoms with Crippen LogP contribution in [-0.4, -0.2) is 25.2 Å². The third-order valence-corrected chi connectivity index (χ3v) is 5.55. The fourth-order valence-corrected chi connectivity index (χ4v) is 4.50. The summed E-state index contributed by atoms with van der Waals surface area (Å²) in [6, 6.07) is 18.5. The van der Waals surface area contributed by atoms with E-state index in [4.69, 9.17) is 0 Å². The van der Waals surface area contributed by atoms with Gasteiger partial charge < -0.3 is 10.2 Å². The van der Waals surface area contributed by atoms with Crippen molar-refractivity contribution in [1.29, 1.82) is 0 Å². The zero-order valence-electron chi connectivity index (χ0n) is 18.7. The smallest absolute Gasteiger partial charge is 0.143 e. The standard InChI is InChI=1S/C26H29N3O2/c1-25(2,3)16-26(4,5)17-13-14-22(30)19(15-17)18-9-8-10-20-24(18)28-29(27-20)21-11-6-7-12-23(21)31/h6-15,30-31H,16H2,1-5H3. The number of nitrogens with zero attached hydrogens (tertiary/aromatic N) is 3. The van der Waals surface area contributed by atoms with E-state index in [0.717, 1.165) is 17.5 Å². The molecule has 5 heteroatoms. The Balaban J connectivity index is 1.85. The maximum absolute atomic E-state index is 10.7. The van der Waals surface area contributed by atoms with Gasteiger partial charge in [-0.2, -0.15) is 0 Å². The average molecular weight is 416 g/mol. The Hall–Kier alpha value is -3.34. The highest BCUT2D eigenvalue weighted by molar-refractivity contribution is 5.93. The lowest BCUT2D eigenvalue weighted by atomic mass is 9.72. The van der Waals surface area contributed by atoms with Crippen LogP contribution in [0.5, 0.6) is 11.5 Å². The van der Waals surface area contributed by atoms with Crippen LogP contribution in [0.25, 0.3) is 27.8 Å². The van der Waals surface area contributed by atoms with Gasteiger partial charge in [0.15, 0.2) is 0 Å². The Morgan fingerprint density at radius 1 is 0.774 bits per heavy atom. The van der Waals surface area contributed by atoms with Crippen LogP contribution in [0.15, 0.2) is 60.7 Å². The van der Waals surface area contributed by atoms with E-state index in [0.29, 0.717) is 16.7 Å². The molecule has 0 spiro atoms. The molecule has 31 heavy (non-hydrogen) atoms. The second-order valence-electron chi connectivity index (χ2n) is 10.0. The highest BCUT2D eigenvalue weighted by Gasteiger charge is 2.28. The molecule has 0 aliphatic carbocycles. The van der Waals surface area contributed by atoms with E-state index in [1.54, 1.807) is 24.3 Å². The summed E-state index contributed by atoms with van der Waals surface area (Å²) < 4.78 is 0. The number of hydrogen-bond donors (Lipinski definition) is 2. The Labute approximate surface area is 183 Å². The van der Waals surface area contributed by atoms with Crippen molar-refractivity contribution in [2.24, 2.45) is 5.41 Å². The summed E-state index contributed by atoms with van der Waals surface area (Å²) in [6.07, 6.45) is 1.01. The molecule has 3 aromatic carbocycles. The van der Waals surface area contributed by atoms with Crippen molar-refractivity contribution in [3.8, 4) is 28.3 Å². The van der Waals surface area contributed by atoms with Gasteiger partial charge in [0.05, 0.1) is 0 Å². The molecule has 0 amide bonds. The number of aromatic hydroxyl groups is 2. The first kappa shape index (κ1) is 20.9. The molecule has 1 aromatic heterocycles. The molecule has 0 aliphatic rings. The maximum atomic E-state index is 10.7. The lowest BCUT2D eigenvalue weighted by Gasteiger charge is -2.33. The number of phenols is 2. The van der Waals surface area contributed by atoms with Crippen molar-refractivity contribution >= 4 is 11.0 Å². The SMILES string of the molecule is CC(C)(C)CC(C)(C)c1ccc(O)c(-c2cccc3nn(-c4ccccc4O)nc23)c1. The van der Waals surface area contributed by atoms with E-state index in [9.17, 15) is 10.2 Å². The van der Waals surface area contributed by atoms with Crippen LogP contribution < -0.4 is 0 Å². The van der Waals surface area contributed by atoms with Crippen LogP contribution in [0.2, 0.25) is 0 Å². The number of aromatic nitrogens is 3. The predicted molar refractivity (Wildman–Crippen MR) is 125 cm³/mol. The van der Waals surface area contributed by atoms with E-state index < -0.39 is 0 Å². The number of hydrogen-bond acceptors (Lipinski definition) is 4. The first-order valence-corrected chi connectivity index (χ1v) is 10.5. The number of benzene rings is 3. The highest BCUT2D eigenvalue weighted by Crippen LogP contribution is 2.41. The monoisotopic (exact) mass is 415 g/mol. The molecule has 2 N–H and O–H groups in total. The van der Waals surface area contributed by atoms with Gasteiger partial charge in [-0.15, -0.1) is 15.0 Å². The Morgan fingerprint density at radius 3 is 2.23 bits per heavy atom. The van der Waals surface area contributed by atoms with E-state index in [1.807, 2.05) is 30.3 Å². The van der Waals surface area contributed by atoms with Crippen LogP contribution in [0, 0.1) is 5.41 Å². The molecule has 160 valence electrons. The Kier molecular flexibility index (Phi) is 5.00. The zero-order chi connectivity index (χ0) is 22.4. The lowest BCUT2D eigenvalue weighted by molar-refractivity contribution is 0.284. The quantitative estimate of drug-likeness (QED) is 0.415. The Bertz CT molecular complexity index is 1250. The molecule has 0 saturated carbocycles. The van der Waals surface area contributed by atoms with Crippen LogP contribution in [-0.2, 0) is 5.41 Å². The minimum atomic E-state index is -0.0535.